The van der Waals surface area contributed by atoms with Crippen LogP contribution in [0.25, 0.3) is 0 Å². The molecule has 58 valence electrons. The molecule has 0 N–H and O–H groups in total. The molecule has 2 atom stereocenters. The van der Waals surface area contributed by atoms with Crippen molar-refractivity contribution in [1.29, 1.82) is 0 Å². The van der Waals surface area contributed by atoms with Crippen LogP contribution in [0.4, 0.5) is 0 Å². The third-order valence-corrected chi connectivity index (χ3v) is 2.31. The zero-order chi connectivity index (χ0) is 7.89. The molecule has 0 bridgehead atoms. The molecule has 2 nitrogen and oxygen atoms in total. The van der Waals surface area contributed by atoms with E-state index >= 15 is 0 Å². The van der Waals surface area contributed by atoms with E-state index in [2.05, 4.69) is 38.0 Å². The van der Waals surface area contributed by atoms with Crippen molar-refractivity contribution < 1.29 is 0 Å². The number of halogens is 1. The number of likely N-dealkylation sites (N-methyl/N-ethyl adjacent to an activating group) is 2. The summed E-state index contributed by atoms with van der Waals surface area (Å²) < 4.78 is 0. The molecule has 0 saturated heterocycles. The molecular weight excluding hydrogens is 148 g/mol. The third kappa shape index (κ3) is 1.24. The molecule has 3 heteroatoms. The summed E-state index contributed by atoms with van der Waals surface area (Å²) in [6.07, 6.45) is 0. The Hall–Kier alpha value is 0.0800. The first-order valence-electron chi connectivity index (χ1n) is 3.40. The number of hydrogen-bond donors (Lipinski definition) is 0. The van der Waals surface area contributed by atoms with E-state index in [0.717, 1.165) is 5.38 Å². The van der Waals surface area contributed by atoms with E-state index in [1.54, 1.807) is 0 Å². The van der Waals surface area contributed by atoms with Gasteiger partial charge < -0.3 is 0 Å². The van der Waals surface area contributed by atoms with E-state index in [1.165, 1.54) is 0 Å². The first-order chi connectivity index (χ1) is 4.55. The molecule has 0 radical (unpaired) electrons. The first-order valence-corrected chi connectivity index (χ1v) is 3.78. The Kier molecular flexibility index (Phi) is 2.13. The summed E-state index contributed by atoms with van der Waals surface area (Å²) in [5.74, 6) is 0. The molecule has 0 aromatic rings. The minimum Gasteiger partial charge on any atom is -0.262 e. The molecule has 0 aromatic carbocycles. The van der Waals surface area contributed by atoms with E-state index in [4.69, 9.17) is 11.6 Å². The van der Waals surface area contributed by atoms with Gasteiger partial charge in [-0.05, 0) is 28.2 Å². The molecule has 0 heterocycles. The Balaban J connectivity index is 2.41. The van der Waals surface area contributed by atoms with Crippen LogP contribution in [-0.4, -0.2) is 50.1 Å². The predicted molar refractivity (Wildman–Crippen MR) is 44.0 cm³/mol. The van der Waals surface area contributed by atoms with Gasteiger partial charge in [0, 0.05) is 0 Å². The Morgan fingerprint density at radius 1 is 1.00 bits per heavy atom. The second-order valence-electron chi connectivity index (χ2n) is 3.20. The van der Waals surface area contributed by atoms with Gasteiger partial charge >= 0.3 is 0 Å². The van der Waals surface area contributed by atoms with Crippen LogP contribution in [-0.2, 0) is 0 Å². The Morgan fingerprint density at radius 2 is 1.30 bits per heavy atom. The Labute approximate surface area is 67.7 Å². The van der Waals surface area contributed by atoms with Crippen molar-refractivity contribution in [3.05, 3.63) is 5.38 Å². The summed E-state index contributed by atoms with van der Waals surface area (Å²) in [6, 6.07) is 0.938. The number of hydrogen-bond acceptors (Lipinski definition) is 2. The zero-order valence-corrected chi connectivity index (χ0v) is 7.68. The van der Waals surface area contributed by atoms with Crippen LogP contribution >= 0.6 is 11.6 Å². The topological polar surface area (TPSA) is 6.48 Å². The number of rotatable bonds is 2. The summed E-state index contributed by atoms with van der Waals surface area (Å²) in [5, 5.41) is 1.06. The van der Waals surface area contributed by atoms with Gasteiger partial charge in [-0.2, -0.15) is 0 Å². The maximum atomic E-state index is 5.94. The van der Waals surface area contributed by atoms with Crippen molar-refractivity contribution in [1.82, 2.24) is 9.80 Å². The van der Waals surface area contributed by atoms with Gasteiger partial charge in [0.05, 0.1) is 0 Å². The SMILES string of the molecule is CN(C)C1[C+](Cl)C1N(C)C. The second kappa shape index (κ2) is 2.61. The summed E-state index contributed by atoms with van der Waals surface area (Å²) >= 11 is 5.94. The first kappa shape index (κ1) is 8.18. The van der Waals surface area contributed by atoms with Gasteiger partial charge in [0.2, 0.25) is 17.5 Å². The van der Waals surface area contributed by atoms with Crippen LogP contribution in [0.15, 0.2) is 0 Å². The Bertz CT molecular complexity index is 111. The van der Waals surface area contributed by atoms with Crippen LogP contribution in [0.2, 0.25) is 0 Å². The van der Waals surface area contributed by atoms with E-state index in [0.29, 0.717) is 12.1 Å². The van der Waals surface area contributed by atoms with Gasteiger partial charge in [0.1, 0.15) is 11.6 Å². The lowest BCUT2D eigenvalue weighted by Gasteiger charge is -2.04. The average molecular weight is 162 g/mol. The molecule has 1 fully saturated rings. The summed E-state index contributed by atoms with van der Waals surface area (Å²) in [6.45, 7) is 0. The van der Waals surface area contributed by atoms with Crippen molar-refractivity contribution in [3.8, 4) is 0 Å². The maximum absolute atomic E-state index is 5.94. The smallest absolute Gasteiger partial charge is 0.249 e. The highest BCUT2D eigenvalue weighted by atomic mass is 35.5. The highest BCUT2D eigenvalue weighted by Crippen LogP contribution is 2.43. The van der Waals surface area contributed by atoms with Gasteiger partial charge in [-0.1, -0.05) is 0 Å². The highest BCUT2D eigenvalue weighted by molar-refractivity contribution is 6.31. The monoisotopic (exact) mass is 161 g/mol. The van der Waals surface area contributed by atoms with Gasteiger partial charge in [0.15, 0.2) is 0 Å². The van der Waals surface area contributed by atoms with E-state index in [9.17, 15) is 0 Å². The third-order valence-electron chi connectivity index (χ3n) is 1.87. The highest BCUT2D eigenvalue weighted by Gasteiger charge is 2.68. The maximum Gasteiger partial charge on any atom is 0.249 e. The fourth-order valence-corrected chi connectivity index (χ4v) is 1.83. The molecule has 0 spiro atoms. The van der Waals surface area contributed by atoms with Gasteiger partial charge in [-0.3, -0.25) is 9.80 Å². The lowest BCUT2D eigenvalue weighted by atomic mass is 10.5. The molecule has 0 aromatic heterocycles. The van der Waals surface area contributed by atoms with Crippen molar-refractivity contribution in [2.24, 2.45) is 0 Å². The van der Waals surface area contributed by atoms with Crippen molar-refractivity contribution in [3.63, 3.8) is 0 Å². The minimum atomic E-state index is 0.469. The lowest BCUT2D eigenvalue weighted by Crippen LogP contribution is -2.25. The van der Waals surface area contributed by atoms with Crippen LogP contribution in [0.1, 0.15) is 0 Å². The Morgan fingerprint density at radius 3 is 1.40 bits per heavy atom. The minimum absolute atomic E-state index is 0.469. The average Bonchev–Trinajstić information content (AvgIpc) is 2.40. The normalized spacial score (nSPS) is 32.1. The van der Waals surface area contributed by atoms with Crippen LogP contribution in [0.5, 0.6) is 0 Å². The van der Waals surface area contributed by atoms with Gasteiger partial charge in [-0.15, -0.1) is 0 Å². The molecule has 1 aliphatic carbocycles. The molecule has 2 unspecified atom stereocenters. The van der Waals surface area contributed by atoms with Crippen molar-refractivity contribution >= 4 is 11.6 Å². The van der Waals surface area contributed by atoms with Crippen LogP contribution < -0.4 is 0 Å². The molecule has 1 aliphatic rings. The molecule has 0 amide bonds. The van der Waals surface area contributed by atoms with Crippen molar-refractivity contribution in [2.45, 2.75) is 12.1 Å². The fraction of sp³-hybridized carbons (Fsp3) is 0.857. The molecule has 1 rings (SSSR count). The summed E-state index contributed by atoms with van der Waals surface area (Å²) in [7, 11) is 8.21. The van der Waals surface area contributed by atoms with Crippen molar-refractivity contribution in [2.75, 3.05) is 28.2 Å². The van der Waals surface area contributed by atoms with E-state index in [-0.39, 0.29) is 0 Å². The van der Waals surface area contributed by atoms with Gasteiger partial charge in [0.25, 0.3) is 0 Å². The van der Waals surface area contributed by atoms with Gasteiger partial charge in [-0.25, -0.2) is 0 Å². The lowest BCUT2D eigenvalue weighted by molar-refractivity contribution is 0.315. The summed E-state index contributed by atoms with van der Waals surface area (Å²) in [5.41, 5.74) is 0. The molecular formula is C7H14ClN2+. The van der Waals surface area contributed by atoms with E-state index < -0.39 is 0 Å². The fourth-order valence-electron chi connectivity index (χ4n) is 1.27. The standard InChI is InChI=1S/C7H14ClN2/c1-9(2)6-5(8)7(6)10(3)4/h6-7H,1-4H3/q+1. The van der Waals surface area contributed by atoms with Crippen LogP contribution in [0, 0.1) is 5.38 Å². The zero-order valence-electron chi connectivity index (χ0n) is 6.93. The number of nitrogens with zero attached hydrogens (tertiary/aromatic N) is 2. The molecule has 10 heavy (non-hydrogen) atoms. The quantitative estimate of drug-likeness (QED) is 0.549. The molecule has 1 saturated carbocycles. The second-order valence-corrected chi connectivity index (χ2v) is 3.64. The van der Waals surface area contributed by atoms with Crippen LogP contribution in [0.3, 0.4) is 0 Å². The van der Waals surface area contributed by atoms with E-state index in [1.807, 2.05) is 0 Å². The molecule has 0 aliphatic heterocycles. The largest absolute Gasteiger partial charge is 0.262 e. The predicted octanol–water partition coefficient (Wildman–Crippen LogP) is 0.631. The summed E-state index contributed by atoms with van der Waals surface area (Å²) in [4.78, 5) is 4.29.